The summed E-state index contributed by atoms with van der Waals surface area (Å²) in [6, 6.07) is 13.3. The minimum atomic E-state index is -0.469. The highest BCUT2D eigenvalue weighted by atomic mass is 35.5. The van der Waals surface area contributed by atoms with E-state index < -0.39 is 5.91 Å². The summed E-state index contributed by atoms with van der Waals surface area (Å²) in [7, 11) is 0. The molecule has 4 nitrogen and oxygen atoms in total. The number of hydrogen-bond donors (Lipinski definition) is 1. The van der Waals surface area contributed by atoms with Gasteiger partial charge in [0.05, 0.1) is 5.52 Å². The van der Waals surface area contributed by atoms with E-state index in [0.29, 0.717) is 32.9 Å². The van der Waals surface area contributed by atoms with Crippen LogP contribution in [-0.4, -0.2) is 10.9 Å². The molecular formula is C19H12ClFN2O2. The third kappa shape index (κ3) is 2.94. The Kier molecular flexibility index (Phi) is 3.66. The molecule has 2 aromatic heterocycles. The van der Waals surface area contributed by atoms with Crippen molar-refractivity contribution >= 4 is 45.2 Å². The van der Waals surface area contributed by atoms with Gasteiger partial charge in [0.15, 0.2) is 5.76 Å². The van der Waals surface area contributed by atoms with Crippen molar-refractivity contribution in [2.45, 2.75) is 6.92 Å². The van der Waals surface area contributed by atoms with Gasteiger partial charge in [0.25, 0.3) is 5.91 Å². The fourth-order valence-electron chi connectivity index (χ4n) is 2.57. The molecule has 0 atom stereocenters. The highest BCUT2D eigenvalue weighted by Crippen LogP contribution is 2.25. The Morgan fingerprint density at radius 2 is 1.96 bits per heavy atom. The summed E-state index contributed by atoms with van der Waals surface area (Å²) in [6.45, 7) is 1.66. The fourth-order valence-corrected chi connectivity index (χ4v) is 2.74. The molecule has 0 fully saturated rings. The van der Waals surface area contributed by atoms with Gasteiger partial charge in [-0.15, -0.1) is 0 Å². The second-order valence-corrected chi connectivity index (χ2v) is 6.18. The van der Waals surface area contributed by atoms with Gasteiger partial charge in [-0.3, -0.25) is 4.79 Å². The van der Waals surface area contributed by atoms with Gasteiger partial charge in [-0.05, 0) is 48.9 Å². The molecule has 1 N–H and O–H groups in total. The smallest absolute Gasteiger partial charge is 0.291 e. The number of aryl methyl sites for hydroxylation is 1. The molecule has 4 aromatic rings. The normalized spacial score (nSPS) is 11.2. The van der Waals surface area contributed by atoms with Gasteiger partial charge in [0, 0.05) is 21.5 Å². The molecule has 1 amide bonds. The van der Waals surface area contributed by atoms with Crippen molar-refractivity contribution in [1.29, 1.82) is 0 Å². The number of amides is 1. The van der Waals surface area contributed by atoms with Crippen LogP contribution in [0.5, 0.6) is 0 Å². The van der Waals surface area contributed by atoms with Crippen LogP contribution in [-0.2, 0) is 0 Å². The van der Waals surface area contributed by atoms with Crippen molar-refractivity contribution < 1.29 is 13.6 Å². The molecule has 6 heteroatoms. The molecule has 2 aromatic carbocycles. The van der Waals surface area contributed by atoms with Crippen LogP contribution in [0.3, 0.4) is 0 Å². The topological polar surface area (TPSA) is 55.1 Å². The Balaban J connectivity index is 1.69. The Hall–Kier alpha value is -2.92. The first-order valence-electron chi connectivity index (χ1n) is 7.57. The minimum Gasteiger partial charge on any atom is -0.433 e. The minimum absolute atomic E-state index is 0.102. The van der Waals surface area contributed by atoms with Crippen molar-refractivity contribution in [2.75, 3.05) is 5.32 Å². The summed E-state index contributed by atoms with van der Waals surface area (Å²) in [5, 5.41) is 4.79. The van der Waals surface area contributed by atoms with E-state index in [4.69, 9.17) is 16.0 Å². The quantitative estimate of drug-likeness (QED) is 0.529. The standard InChI is InChI=1S/C19H12ClFN2O2/c1-10-2-5-14(9-15(10)21)22-18(24)17-7-12-6-11-3-4-13(20)8-16(11)23-19(12)25-17/h2-9H,1H3,(H,22,24). The zero-order valence-electron chi connectivity index (χ0n) is 13.1. The van der Waals surface area contributed by atoms with Crippen molar-refractivity contribution in [3.63, 3.8) is 0 Å². The molecule has 0 spiro atoms. The van der Waals surface area contributed by atoms with Crippen LogP contribution in [0.4, 0.5) is 10.1 Å². The van der Waals surface area contributed by atoms with Crippen LogP contribution in [0, 0.1) is 12.7 Å². The van der Waals surface area contributed by atoms with E-state index in [9.17, 15) is 9.18 Å². The summed E-state index contributed by atoms with van der Waals surface area (Å²) in [5.74, 6) is -0.750. The number of furan rings is 1. The second kappa shape index (κ2) is 5.86. The molecule has 0 saturated carbocycles. The highest BCUT2D eigenvalue weighted by molar-refractivity contribution is 6.31. The predicted octanol–water partition coefficient (Wildman–Crippen LogP) is 5.33. The predicted molar refractivity (Wildman–Crippen MR) is 95.6 cm³/mol. The van der Waals surface area contributed by atoms with E-state index >= 15 is 0 Å². The average molecular weight is 355 g/mol. The van der Waals surface area contributed by atoms with Crippen molar-refractivity contribution in [1.82, 2.24) is 4.98 Å². The van der Waals surface area contributed by atoms with Crippen molar-refractivity contribution in [3.8, 4) is 0 Å². The summed E-state index contributed by atoms with van der Waals surface area (Å²) in [5.41, 5.74) is 1.90. The Bertz CT molecular complexity index is 1140. The first kappa shape index (κ1) is 15.6. The van der Waals surface area contributed by atoms with Crippen LogP contribution in [0.15, 0.2) is 52.9 Å². The number of hydrogen-bond acceptors (Lipinski definition) is 3. The molecule has 0 aliphatic heterocycles. The van der Waals surface area contributed by atoms with E-state index in [1.165, 1.54) is 6.07 Å². The van der Waals surface area contributed by atoms with Gasteiger partial charge in [-0.25, -0.2) is 9.37 Å². The molecule has 2 heterocycles. The molecule has 0 aliphatic carbocycles. The number of carbonyl (C=O) groups excluding carboxylic acids is 1. The molecule has 0 radical (unpaired) electrons. The van der Waals surface area contributed by atoms with Crippen LogP contribution >= 0.6 is 11.6 Å². The molecule has 4 rings (SSSR count). The second-order valence-electron chi connectivity index (χ2n) is 5.75. The molecule has 124 valence electrons. The maximum absolute atomic E-state index is 13.6. The van der Waals surface area contributed by atoms with Crippen LogP contribution in [0.2, 0.25) is 5.02 Å². The third-order valence-electron chi connectivity index (χ3n) is 3.92. The van der Waals surface area contributed by atoms with Gasteiger partial charge in [0.2, 0.25) is 5.71 Å². The zero-order valence-corrected chi connectivity index (χ0v) is 13.9. The number of anilines is 1. The van der Waals surface area contributed by atoms with E-state index in [1.807, 2.05) is 12.1 Å². The number of nitrogens with zero attached hydrogens (tertiary/aromatic N) is 1. The molecule has 25 heavy (non-hydrogen) atoms. The Morgan fingerprint density at radius 1 is 1.12 bits per heavy atom. The maximum Gasteiger partial charge on any atom is 0.291 e. The van der Waals surface area contributed by atoms with Gasteiger partial charge >= 0.3 is 0 Å². The van der Waals surface area contributed by atoms with Crippen LogP contribution in [0.1, 0.15) is 16.1 Å². The molecule has 0 saturated heterocycles. The number of rotatable bonds is 2. The van der Waals surface area contributed by atoms with E-state index in [0.717, 1.165) is 5.39 Å². The first-order chi connectivity index (χ1) is 12.0. The van der Waals surface area contributed by atoms with E-state index in [1.54, 1.807) is 37.3 Å². The number of nitrogens with one attached hydrogen (secondary N) is 1. The molecule has 0 bridgehead atoms. The number of aromatic nitrogens is 1. The Labute approximate surface area is 147 Å². The maximum atomic E-state index is 13.6. The number of pyridine rings is 1. The monoisotopic (exact) mass is 354 g/mol. The summed E-state index contributed by atoms with van der Waals surface area (Å²) >= 11 is 5.97. The van der Waals surface area contributed by atoms with Crippen LogP contribution in [0.25, 0.3) is 22.0 Å². The Morgan fingerprint density at radius 3 is 2.76 bits per heavy atom. The summed E-state index contributed by atoms with van der Waals surface area (Å²) in [4.78, 5) is 16.7. The van der Waals surface area contributed by atoms with Gasteiger partial charge in [-0.2, -0.15) is 0 Å². The van der Waals surface area contributed by atoms with E-state index in [2.05, 4.69) is 10.3 Å². The number of carbonyl (C=O) groups is 1. The SMILES string of the molecule is Cc1ccc(NC(=O)c2cc3cc4ccc(Cl)cc4nc3o2)cc1F. The largest absolute Gasteiger partial charge is 0.433 e. The molecular weight excluding hydrogens is 343 g/mol. The lowest BCUT2D eigenvalue weighted by Crippen LogP contribution is -2.11. The van der Waals surface area contributed by atoms with Crippen molar-refractivity contribution in [3.05, 3.63) is 70.7 Å². The number of benzene rings is 2. The zero-order chi connectivity index (χ0) is 17.6. The summed E-state index contributed by atoms with van der Waals surface area (Å²) < 4.78 is 19.1. The summed E-state index contributed by atoms with van der Waals surface area (Å²) in [6.07, 6.45) is 0. The van der Waals surface area contributed by atoms with Gasteiger partial charge < -0.3 is 9.73 Å². The highest BCUT2D eigenvalue weighted by Gasteiger charge is 2.15. The molecule has 0 aliphatic rings. The average Bonchev–Trinajstić information content (AvgIpc) is 2.99. The van der Waals surface area contributed by atoms with Gasteiger partial charge in [-0.1, -0.05) is 23.7 Å². The lowest BCUT2D eigenvalue weighted by molar-refractivity contribution is 0.0998. The van der Waals surface area contributed by atoms with Crippen molar-refractivity contribution in [2.24, 2.45) is 0 Å². The first-order valence-corrected chi connectivity index (χ1v) is 7.95. The van der Waals surface area contributed by atoms with E-state index in [-0.39, 0.29) is 11.6 Å². The van der Waals surface area contributed by atoms with Gasteiger partial charge in [0.1, 0.15) is 5.82 Å². The van der Waals surface area contributed by atoms with Crippen LogP contribution < -0.4 is 5.32 Å². The third-order valence-corrected chi connectivity index (χ3v) is 4.15. The number of halogens is 2. The molecule has 0 unspecified atom stereocenters. The fraction of sp³-hybridized carbons (Fsp3) is 0.0526. The lowest BCUT2D eigenvalue weighted by atomic mass is 10.2. The lowest BCUT2D eigenvalue weighted by Gasteiger charge is -2.04. The number of fused-ring (bicyclic) bond motifs is 2.